The van der Waals surface area contributed by atoms with Gasteiger partial charge in [0.2, 0.25) is 0 Å². The molecule has 0 aliphatic carbocycles. The van der Waals surface area contributed by atoms with Gasteiger partial charge in [-0.15, -0.1) is 11.3 Å². The summed E-state index contributed by atoms with van der Waals surface area (Å²) in [6.07, 6.45) is 4.44. The Morgan fingerprint density at radius 2 is 2.27 bits per heavy atom. The molecule has 0 aliphatic rings. The second-order valence-corrected chi connectivity index (χ2v) is 4.34. The smallest absolute Gasteiger partial charge is 0.131 e. The van der Waals surface area contributed by atoms with E-state index in [1.165, 1.54) is 0 Å². The Bertz CT molecular complexity index is 416. The van der Waals surface area contributed by atoms with Crippen LogP contribution in [0.4, 0.5) is 5.69 Å². The van der Waals surface area contributed by atoms with Crippen molar-refractivity contribution < 1.29 is 0 Å². The normalized spacial score (nSPS) is 10.2. The van der Waals surface area contributed by atoms with E-state index in [9.17, 15) is 0 Å². The summed E-state index contributed by atoms with van der Waals surface area (Å²) >= 11 is 7.43. The van der Waals surface area contributed by atoms with Crippen molar-refractivity contribution >= 4 is 28.6 Å². The first kappa shape index (κ1) is 10.4. The van der Waals surface area contributed by atoms with Crippen LogP contribution in [0.2, 0.25) is 5.15 Å². The molecule has 15 heavy (non-hydrogen) atoms. The van der Waals surface area contributed by atoms with Crippen molar-refractivity contribution in [3.63, 3.8) is 0 Å². The molecule has 0 spiro atoms. The van der Waals surface area contributed by atoms with Gasteiger partial charge < -0.3 is 5.32 Å². The van der Waals surface area contributed by atoms with E-state index in [1.54, 1.807) is 17.5 Å². The van der Waals surface area contributed by atoms with E-state index >= 15 is 0 Å². The summed E-state index contributed by atoms with van der Waals surface area (Å²) in [7, 11) is 0. The summed E-state index contributed by atoms with van der Waals surface area (Å²) in [5, 5.41) is 6.90. The quantitative estimate of drug-likeness (QED) is 0.834. The highest BCUT2D eigenvalue weighted by Gasteiger charge is 1.96. The molecule has 0 radical (unpaired) electrons. The van der Waals surface area contributed by atoms with Gasteiger partial charge in [0.1, 0.15) is 5.15 Å². The van der Waals surface area contributed by atoms with Crippen LogP contribution in [0.3, 0.4) is 0 Å². The summed E-state index contributed by atoms with van der Waals surface area (Å²) in [5.74, 6) is 0. The summed E-state index contributed by atoms with van der Waals surface area (Å²) in [6.45, 7) is 0.855. The maximum Gasteiger partial charge on any atom is 0.131 e. The highest BCUT2D eigenvalue weighted by Crippen LogP contribution is 2.12. The number of pyridine rings is 1. The van der Waals surface area contributed by atoms with Gasteiger partial charge in [-0.2, -0.15) is 0 Å². The zero-order valence-electron chi connectivity index (χ0n) is 7.98. The molecular formula is C10H10ClN3S. The summed E-state index contributed by atoms with van der Waals surface area (Å²) < 4.78 is 0. The highest BCUT2D eigenvalue weighted by molar-refractivity contribution is 7.09. The largest absolute Gasteiger partial charge is 0.384 e. The molecule has 0 amide bonds. The molecule has 2 aromatic rings. The lowest BCUT2D eigenvalue weighted by molar-refractivity contribution is 0.997. The fourth-order valence-electron chi connectivity index (χ4n) is 1.20. The lowest BCUT2D eigenvalue weighted by Crippen LogP contribution is -2.04. The van der Waals surface area contributed by atoms with E-state index < -0.39 is 0 Å². The van der Waals surface area contributed by atoms with Crippen molar-refractivity contribution in [2.45, 2.75) is 6.42 Å². The summed E-state index contributed by atoms with van der Waals surface area (Å²) in [5.41, 5.74) is 0.992. The third-order valence-corrected chi connectivity index (χ3v) is 2.92. The molecule has 78 valence electrons. The van der Waals surface area contributed by atoms with Crippen molar-refractivity contribution in [3.8, 4) is 0 Å². The molecule has 0 aliphatic heterocycles. The Balaban J connectivity index is 1.83. The number of nitrogens with one attached hydrogen (secondary N) is 1. The maximum absolute atomic E-state index is 5.76. The van der Waals surface area contributed by atoms with Crippen molar-refractivity contribution in [2.24, 2.45) is 0 Å². The molecule has 0 atom stereocenters. The zero-order chi connectivity index (χ0) is 10.5. The molecule has 0 unspecified atom stereocenters. The van der Waals surface area contributed by atoms with E-state index in [-0.39, 0.29) is 0 Å². The number of nitrogens with zero attached hydrogens (tertiary/aromatic N) is 2. The Labute approximate surface area is 97.2 Å². The average molecular weight is 240 g/mol. The van der Waals surface area contributed by atoms with Gasteiger partial charge in [-0.1, -0.05) is 11.6 Å². The first-order chi connectivity index (χ1) is 7.34. The molecule has 2 aromatic heterocycles. The van der Waals surface area contributed by atoms with Crippen LogP contribution in [-0.2, 0) is 6.42 Å². The van der Waals surface area contributed by atoms with Gasteiger partial charge in [-0.25, -0.2) is 9.97 Å². The van der Waals surface area contributed by atoms with E-state index in [0.29, 0.717) is 5.15 Å². The predicted molar refractivity (Wildman–Crippen MR) is 63.6 cm³/mol. The maximum atomic E-state index is 5.76. The Morgan fingerprint density at radius 3 is 3.00 bits per heavy atom. The second kappa shape index (κ2) is 5.09. The first-order valence-electron chi connectivity index (χ1n) is 4.58. The van der Waals surface area contributed by atoms with Gasteiger partial charge in [0.25, 0.3) is 0 Å². The van der Waals surface area contributed by atoms with Crippen LogP contribution < -0.4 is 5.32 Å². The van der Waals surface area contributed by atoms with Gasteiger partial charge >= 0.3 is 0 Å². The number of hydrogen-bond acceptors (Lipinski definition) is 4. The number of aromatic nitrogens is 2. The molecular weight excluding hydrogens is 230 g/mol. The van der Waals surface area contributed by atoms with Crippen molar-refractivity contribution in [2.75, 3.05) is 11.9 Å². The molecule has 5 heteroatoms. The topological polar surface area (TPSA) is 37.8 Å². The fraction of sp³-hybridized carbons (Fsp3) is 0.200. The standard InChI is InChI=1S/C10H10ClN3S/c11-9-7-8(1-3-13-9)12-4-2-10-14-5-6-15-10/h1,3,5-7H,2,4H2,(H,12,13). The van der Waals surface area contributed by atoms with Gasteiger partial charge in [-0.05, 0) is 12.1 Å². The number of rotatable bonds is 4. The summed E-state index contributed by atoms with van der Waals surface area (Å²) in [6, 6.07) is 3.71. The third kappa shape index (κ3) is 3.18. The van der Waals surface area contributed by atoms with E-state index in [0.717, 1.165) is 23.7 Å². The van der Waals surface area contributed by atoms with Crippen LogP contribution >= 0.6 is 22.9 Å². The van der Waals surface area contributed by atoms with E-state index in [2.05, 4.69) is 15.3 Å². The average Bonchev–Trinajstić information content (AvgIpc) is 2.71. The molecule has 3 nitrogen and oxygen atoms in total. The molecule has 2 heterocycles. The lowest BCUT2D eigenvalue weighted by atomic mass is 10.4. The zero-order valence-corrected chi connectivity index (χ0v) is 9.55. The van der Waals surface area contributed by atoms with Crippen LogP contribution in [0.25, 0.3) is 0 Å². The van der Waals surface area contributed by atoms with Gasteiger partial charge in [-0.3, -0.25) is 0 Å². The molecule has 1 N–H and O–H groups in total. The molecule has 0 saturated heterocycles. The van der Waals surface area contributed by atoms with Gasteiger partial charge in [0, 0.05) is 36.4 Å². The summed E-state index contributed by atoms with van der Waals surface area (Å²) in [4.78, 5) is 8.12. The van der Waals surface area contributed by atoms with Crippen LogP contribution in [0.5, 0.6) is 0 Å². The third-order valence-electron chi connectivity index (χ3n) is 1.88. The van der Waals surface area contributed by atoms with Crippen molar-refractivity contribution in [1.29, 1.82) is 0 Å². The number of thiazole rings is 1. The fourth-order valence-corrected chi connectivity index (χ4v) is 2.00. The minimum atomic E-state index is 0.509. The molecule has 2 rings (SSSR count). The first-order valence-corrected chi connectivity index (χ1v) is 5.84. The van der Waals surface area contributed by atoms with Crippen LogP contribution in [0.15, 0.2) is 29.9 Å². The number of hydrogen-bond donors (Lipinski definition) is 1. The monoisotopic (exact) mass is 239 g/mol. The van der Waals surface area contributed by atoms with Gasteiger partial charge in [0.15, 0.2) is 0 Å². The predicted octanol–water partition coefficient (Wildman–Crippen LogP) is 2.85. The van der Waals surface area contributed by atoms with E-state index in [1.807, 2.05) is 23.7 Å². The van der Waals surface area contributed by atoms with Crippen LogP contribution in [0.1, 0.15) is 5.01 Å². The lowest BCUT2D eigenvalue weighted by Gasteiger charge is -2.04. The van der Waals surface area contributed by atoms with Gasteiger partial charge in [0.05, 0.1) is 5.01 Å². The van der Waals surface area contributed by atoms with Crippen molar-refractivity contribution in [1.82, 2.24) is 9.97 Å². The molecule has 0 saturated carbocycles. The minimum Gasteiger partial charge on any atom is -0.384 e. The Hall–Kier alpha value is -1.13. The van der Waals surface area contributed by atoms with Crippen LogP contribution in [0, 0.1) is 0 Å². The molecule has 0 aromatic carbocycles. The molecule has 0 bridgehead atoms. The Kier molecular flexibility index (Phi) is 3.53. The molecule has 0 fully saturated rings. The minimum absolute atomic E-state index is 0.509. The van der Waals surface area contributed by atoms with E-state index in [4.69, 9.17) is 11.6 Å². The number of halogens is 1. The SMILES string of the molecule is Clc1cc(NCCc2nccs2)ccn1. The second-order valence-electron chi connectivity index (χ2n) is 2.97. The van der Waals surface area contributed by atoms with Crippen molar-refractivity contribution in [3.05, 3.63) is 40.1 Å². The number of anilines is 1. The van der Waals surface area contributed by atoms with Crippen LogP contribution in [-0.4, -0.2) is 16.5 Å². The Morgan fingerprint density at radius 1 is 1.33 bits per heavy atom. The highest BCUT2D eigenvalue weighted by atomic mass is 35.5.